The average molecular weight is 264 g/mol. The lowest BCUT2D eigenvalue weighted by Gasteiger charge is -2.21. The molecule has 0 spiro atoms. The first-order valence-corrected chi connectivity index (χ1v) is 6.68. The van der Waals surface area contributed by atoms with E-state index in [9.17, 15) is 0 Å². The van der Waals surface area contributed by atoms with Crippen LogP contribution in [0.15, 0.2) is 18.2 Å². The Labute approximate surface area is 113 Å². The van der Waals surface area contributed by atoms with Crippen LogP contribution in [-0.2, 0) is 0 Å². The molecule has 2 rings (SSSR count). The molecule has 0 radical (unpaired) electrons. The third-order valence-corrected chi connectivity index (χ3v) is 3.65. The summed E-state index contributed by atoms with van der Waals surface area (Å²) in [7, 11) is 0. The Kier molecular flexibility index (Phi) is 4.11. The molecule has 0 aromatic heterocycles. The smallest absolute Gasteiger partial charge is 0.101 e. The zero-order valence-corrected chi connectivity index (χ0v) is 11.5. The summed E-state index contributed by atoms with van der Waals surface area (Å²) in [6.07, 6.45) is 1.11. The molecule has 1 unspecified atom stereocenters. The first-order chi connectivity index (χ1) is 8.60. The van der Waals surface area contributed by atoms with Gasteiger partial charge in [0.2, 0.25) is 0 Å². The number of rotatable bonds is 3. The zero-order valence-electron chi connectivity index (χ0n) is 10.8. The second kappa shape index (κ2) is 5.60. The number of nitrogens with zero attached hydrogens (tertiary/aromatic N) is 2. The predicted molar refractivity (Wildman–Crippen MR) is 74.9 cm³/mol. The molecule has 1 aliphatic rings. The number of anilines is 1. The molecule has 96 valence electrons. The molecule has 0 amide bonds. The number of nitriles is 1. The lowest BCUT2D eigenvalue weighted by atomic mass is 10.1. The summed E-state index contributed by atoms with van der Waals surface area (Å²) in [6, 6.07) is 8.52. The first kappa shape index (κ1) is 13.2. The number of benzene rings is 1. The predicted octanol–water partition coefficient (Wildman–Crippen LogP) is 3.11. The Bertz CT molecular complexity index is 465. The van der Waals surface area contributed by atoms with Crippen molar-refractivity contribution in [2.24, 2.45) is 0 Å². The van der Waals surface area contributed by atoms with Gasteiger partial charge in [0.1, 0.15) is 6.07 Å². The third-order valence-electron chi connectivity index (χ3n) is 3.41. The van der Waals surface area contributed by atoms with Crippen molar-refractivity contribution in [2.75, 3.05) is 18.4 Å². The van der Waals surface area contributed by atoms with E-state index in [1.807, 2.05) is 6.07 Å². The van der Waals surface area contributed by atoms with Gasteiger partial charge in [-0.2, -0.15) is 5.26 Å². The Morgan fingerprint density at radius 2 is 2.28 bits per heavy atom. The van der Waals surface area contributed by atoms with Gasteiger partial charge in [0.25, 0.3) is 0 Å². The molecule has 3 nitrogen and oxygen atoms in total. The molecule has 1 N–H and O–H groups in total. The van der Waals surface area contributed by atoms with Gasteiger partial charge >= 0.3 is 0 Å². The number of likely N-dealkylation sites (tertiary alicyclic amines) is 1. The van der Waals surface area contributed by atoms with E-state index in [0.29, 0.717) is 22.7 Å². The number of hydrogen-bond donors (Lipinski definition) is 1. The molecular formula is C14H18ClN3. The summed E-state index contributed by atoms with van der Waals surface area (Å²) < 4.78 is 0. The monoisotopic (exact) mass is 263 g/mol. The third kappa shape index (κ3) is 2.95. The van der Waals surface area contributed by atoms with Crippen LogP contribution >= 0.6 is 11.6 Å². The molecule has 18 heavy (non-hydrogen) atoms. The Balaban J connectivity index is 2.07. The summed E-state index contributed by atoms with van der Waals surface area (Å²) >= 11 is 5.98. The van der Waals surface area contributed by atoms with Crippen molar-refractivity contribution in [2.45, 2.75) is 32.4 Å². The van der Waals surface area contributed by atoms with Crippen molar-refractivity contribution in [1.29, 1.82) is 5.26 Å². The maximum absolute atomic E-state index is 9.08. The molecule has 1 aromatic rings. The van der Waals surface area contributed by atoms with E-state index in [1.54, 1.807) is 12.1 Å². The van der Waals surface area contributed by atoms with Gasteiger partial charge in [-0.25, -0.2) is 0 Å². The van der Waals surface area contributed by atoms with E-state index in [4.69, 9.17) is 16.9 Å². The van der Waals surface area contributed by atoms with Crippen LogP contribution in [0, 0.1) is 11.3 Å². The van der Waals surface area contributed by atoms with Gasteiger partial charge in [0.15, 0.2) is 0 Å². The van der Waals surface area contributed by atoms with E-state index in [-0.39, 0.29) is 0 Å². The van der Waals surface area contributed by atoms with Crippen molar-refractivity contribution in [3.63, 3.8) is 0 Å². The lowest BCUT2D eigenvalue weighted by molar-refractivity contribution is 0.274. The molecule has 1 heterocycles. The Hall–Kier alpha value is -1.24. The minimum Gasteiger partial charge on any atom is -0.380 e. The molecule has 1 atom stereocenters. The fourth-order valence-corrected chi connectivity index (χ4v) is 2.50. The quantitative estimate of drug-likeness (QED) is 0.911. The molecule has 1 fully saturated rings. The second-order valence-electron chi connectivity index (χ2n) is 5.02. The highest BCUT2D eigenvalue weighted by atomic mass is 35.5. The minimum absolute atomic E-state index is 0.401. The van der Waals surface area contributed by atoms with Crippen LogP contribution in [0.3, 0.4) is 0 Å². The van der Waals surface area contributed by atoms with E-state index in [2.05, 4.69) is 30.1 Å². The maximum atomic E-state index is 9.08. The van der Waals surface area contributed by atoms with Crippen LogP contribution in [0.25, 0.3) is 0 Å². The van der Waals surface area contributed by atoms with Crippen molar-refractivity contribution in [3.8, 4) is 6.07 Å². The van der Waals surface area contributed by atoms with Crippen molar-refractivity contribution < 1.29 is 0 Å². The van der Waals surface area contributed by atoms with Crippen LogP contribution < -0.4 is 5.32 Å². The van der Waals surface area contributed by atoms with E-state index >= 15 is 0 Å². The van der Waals surface area contributed by atoms with Crippen molar-refractivity contribution in [3.05, 3.63) is 28.8 Å². The molecule has 4 heteroatoms. The van der Waals surface area contributed by atoms with Gasteiger partial charge in [0, 0.05) is 30.2 Å². The minimum atomic E-state index is 0.401. The second-order valence-corrected chi connectivity index (χ2v) is 5.46. The molecule has 0 aliphatic carbocycles. The van der Waals surface area contributed by atoms with Gasteiger partial charge < -0.3 is 5.32 Å². The first-order valence-electron chi connectivity index (χ1n) is 6.30. The number of halogens is 1. The van der Waals surface area contributed by atoms with Gasteiger partial charge in [-0.1, -0.05) is 11.6 Å². The van der Waals surface area contributed by atoms with Gasteiger partial charge in [-0.3, -0.25) is 4.90 Å². The van der Waals surface area contributed by atoms with Crippen molar-refractivity contribution >= 4 is 17.3 Å². The fourth-order valence-electron chi connectivity index (χ4n) is 2.33. The largest absolute Gasteiger partial charge is 0.380 e. The van der Waals surface area contributed by atoms with Crippen molar-refractivity contribution in [1.82, 2.24) is 4.90 Å². The van der Waals surface area contributed by atoms with Crippen LogP contribution in [0.5, 0.6) is 0 Å². The fraction of sp³-hybridized carbons (Fsp3) is 0.500. The highest BCUT2D eigenvalue weighted by Gasteiger charge is 2.24. The Morgan fingerprint density at radius 3 is 2.89 bits per heavy atom. The summed E-state index contributed by atoms with van der Waals surface area (Å²) in [5.41, 5.74) is 1.50. The normalized spacial score (nSPS) is 20.1. The average Bonchev–Trinajstić information content (AvgIpc) is 2.78. The molecule has 1 saturated heterocycles. The van der Waals surface area contributed by atoms with E-state index in [0.717, 1.165) is 25.2 Å². The van der Waals surface area contributed by atoms with Crippen LogP contribution in [0.2, 0.25) is 5.02 Å². The maximum Gasteiger partial charge on any atom is 0.101 e. The summed E-state index contributed by atoms with van der Waals surface area (Å²) in [4.78, 5) is 2.44. The highest BCUT2D eigenvalue weighted by Crippen LogP contribution is 2.23. The summed E-state index contributed by atoms with van der Waals surface area (Å²) in [5.74, 6) is 0. The molecule has 1 aromatic carbocycles. The van der Waals surface area contributed by atoms with Gasteiger partial charge in [0.05, 0.1) is 11.3 Å². The molecule has 0 saturated carbocycles. The topological polar surface area (TPSA) is 39.1 Å². The number of nitrogens with one attached hydrogen (secondary N) is 1. The SMILES string of the molecule is CC(C)N1CCC(Nc2cc(Cl)ccc2C#N)C1. The Morgan fingerprint density at radius 1 is 1.50 bits per heavy atom. The number of hydrogen-bond acceptors (Lipinski definition) is 3. The van der Waals surface area contributed by atoms with E-state index < -0.39 is 0 Å². The summed E-state index contributed by atoms with van der Waals surface area (Å²) in [6.45, 7) is 6.55. The van der Waals surface area contributed by atoms with E-state index in [1.165, 1.54) is 0 Å². The standard InChI is InChI=1S/C14H18ClN3/c1-10(2)18-6-5-13(9-18)17-14-7-12(15)4-3-11(14)8-16/h3-4,7,10,13,17H,5-6,9H2,1-2H3. The van der Waals surface area contributed by atoms with Gasteiger partial charge in [-0.05, 0) is 38.5 Å². The van der Waals surface area contributed by atoms with Gasteiger partial charge in [-0.15, -0.1) is 0 Å². The molecule has 1 aliphatic heterocycles. The zero-order chi connectivity index (χ0) is 13.1. The highest BCUT2D eigenvalue weighted by molar-refractivity contribution is 6.30. The lowest BCUT2D eigenvalue weighted by Crippen LogP contribution is -2.31. The summed E-state index contributed by atoms with van der Waals surface area (Å²) in [5, 5.41) is 13.2. The van der Waals surface area contributed by atoms with Crippen LogP contribution in [0.4, 0.5) is 5.69 Å². The molecule has 0 bridgehead atoms. The van der Waals surface area contributed by atoms with Crippen LogP contribution in [-0.4, -0.2) is 30.1 Å². The van der Waals surface area contributed by atoms with Crippen LogP contribution in [0.1, 0.15) is 25.8 Å². The molecular weight excluding hydrogens is 246 g/mol.